The maximum Gasteiger partial charge on any atom is 0.356 e. The van der Waals surface area contributed by atoms with Crippen molar-refractivity contribution in [2.45, 2.75) is 33.1 Å². The Morgan fingerprint density at radius 1 is 1.17 bits per heavy atom. The number of hydrogen-bond donors (Lipinski definition) is 0. The molecule has 1 aromatic carbocycles. The highest BCUT2D eigenvalue weighted by molar-refractivity contribution is 5.89. The number of rotatable bonds is 2. The van der Waals surface area contributed by atoms with E-state index in [9.17, 15) is 4.79 Å². The van der Waals surface area contributed by atoms with Crippen molar-refractivity contribution >= 4 is 11.6 Å². The second-order valence-electron chi connectivity index (χ2n) is 6.83. The van der Waals surface area contributed by atoms with Gasteiger partial charge in [-0.15, -0.1) is 0 Å². The second-order valence-corrected chi connectivity index (χ2v) is 6.83. The maximum atomic E-state index is 12.1. The molecule has 0 saturated heterocycles. The van der Waals surface area contributed by atoms with E-state index in [0.717, 1.165) is 22.5 Å². The molecule has 0 radical (unpaired) electrons. The minimum absolute atomic E-state index is 0.198. The lowest BCUT2D eigenvalue weighted by molar-refractivity contribution is 0.0594. The van der Waals surface area contributed by atoms with Crippen LogP contribution in [0.25, 0.3) is 16.8 Å². The molecule has 0 spiro atoms. The van der Waals surface area contributed by atoms with Crippen LogP contribution in [0.5, 0.6) is 0 Å². The second kappa shape index (κ2) is 5.74. The third-order valence-corrected chi connectivity index (χ3v) is 3.99. The molecule has 5 heteroatoms. The van der Waals surface area contributed by atoms with Gasteiger partial charge in [-0.3, -0.25) is 0 Å². The number of benzene rings is 1. The number of esters is 1. The molecule has 2 heterocycles. The average molecular weight is 323 g/mol. The number of methoxy groups -OCH3 is 1. The molecule has 0 amide bonds. The molecule has 0 unspecified atom stereocenters. The number of fused-ring (bicyclic) bond motifs is 1. The summed E-state index contributed by atoms with van der Waals surface area (Å²) in [5, 5.41) is 4.68. The minimum Gasteiger partial charge on any atom is -0.464 e. The lowest BCUT2D eigenvalue weighted by Gasteiger charge is -2.20. The Morgan fingerprint density at radius 3 is 2.42 bits per heavy atom. The summed E-state index contributed by atoms with van der Waals surface area (Å²) in [6.07, 6.45) is 0. The van der Waals surface area contributed by atoms with E-state index in [2.05, 4.69) is 30.9 Å². The number of aryl methyl sites for hydroxylation is 1. The quantitative estimate of drug-likeness (QED) is 0.673. The average Bonchev–Trinajstić information content (AvgIpc) is 2.88. The molecule has 0 aliphatic rings. The lowest BCUT2D eigenvalue weighted by Crippen LogP contribution is -2.20. The molecular formula is C19H21N3O2. The zero-order valence-corrected chi connectivity index (χ0v) is 14.6. The fourth-order valence-corrected chi connectivity index (χ4v) is 2.81. The summed E-state index contributed by atoms with van der Waals surface area (Å²) in [6.45, 7) is 8.22. The van der Waals surface area contributed by atoms with Crippen molar-refractivity contribution in [2.75, 3.05) is 7.11 Å². The molecule has 2 aromatic heterocycles. The highest BCUT2D eigenvalue weighted by Crippen LogP contribution is 2.31. The first kappa shape index (κ1) is 16.2. The van der Waals surface area contributed by atoms with Crippen LogP contribution in [0.1, 0.15) is 42.6 Å². The third kappa shape index (κ3) is 2.66. The van der Waals surface area contributed by atoms with E-state index in [-0.39, 0.29) is 5.41 Å². The maximum absolute atomic E-state index is 12.1. The molecule has 0 N–H and O–H groups in total. The summed E-state index contributed by atoms with van der Waals surface area (Å²) in [5.74, 6) is -0.444. The number of aromatic nitrogens is 3. The Hall–Kier alpha value is -2.69. The van der Waals surface area contributed by atoms with Crippen molar-refractivity contribution in [3.8, 4) is 11.1 Å². The molecule has 0 atom stereocenters. The summed E-state index contributed by atoms with van der Waals surface area (Å²) >= 11 is 0. The van der Waals surface area contributed by atoms with Crippen LogP contribution >= 0.6 is 0 Å². The fourth-order valence-electron chi connectivity index (χ4n) is 2.81. The zero-order valence-electron chi connectivity index (χ0n) is 14.6. The first-order valence-corrected chi connectivity index (χ1v) is 7.87. The highest BCUT2D eigenvalue weighted by Gasteiger charge is 2.25. The Morgan fingerprint density at radius 2 is 1.83 bits per heavy atom. The van der Waals surface area contributed by atoms with Gasteiger partial charge in [0.1, 0.15) is 0 Å². The van der Waals surface area contributed by atoms with Gasteiger partial charge in [0.15, 0.2) is 11.3 Å². The fraction of sp³-hybridized carbons (Fsp3) is 0.316. The largest absolute Gasteiger partial charge is 0.464 e. The standard InChI is InChI=1S/C19H21N3O2/c1-12-16(13-9-7-6-8-10-13)17-20-14(18(23)24-5)11-15(19(2,3)4)22(17)21-12/h6-11H,1-5H3. The molecule has 3 aromatic rings. The molecule has 124 valence electrons. The van der Waals surface area contributed by atoms with Crippen LogP contribution < -0.4 is 0 Å². The van der Waals surface area contributed by atoms with Gasteiger partial charge in [0.2, 0.25) is 0 Å². The van der Waals surface area contributed by atoms with E-state index in [4.69, 9.17) is 4.74 Å². The first-order chi connectivity index (χ1) is 11.3. The van der Waals surface area contributed by atoms with Gasteiger partial charge in [0, 0.05) is 11.0 Å². The Kier molecular flexibility index (Phi) is 3.87. The molecule has 0 bridgehead atoms. The Balaban J connectivity index is 2.40. The number of ether oxygens (including phenoxy) is 1. The lowest BCUT2D eigenvalue weighted by atomic mass is 9.91. The zero-order chi connectivity index (χ0) is 17.5. The van der Waals surface area contributed by atoms with Gasteiger partial charge >= 0.3 is 5.97 Å². The van der Waals surface area contributed by atoms with Crippen molar-refractivity contribution in [1.29, 1.82) is 0 Å². The van der Waals surface area contributed by atoms with E-state index < -0.39 is 5.97 Å². The summed E-state index contributed by atoms with van der Waals surface area (Å²) in [5.41, 5.74) is 4.53. The van der Waals surface area contributed by atoms with E-state index in [0.29, 0.717) is 11.3 Å². The summed E-state index contributed by atoms with van der Waals surface area (Å²) < 4.78 is 6.71. The molecule has 24 heavy (non-hydrogen) atoms. The Bertz CT molecular complexity index is 906. The van der Waals surface area contributed by atoms with Gasteiger partial charge < -0.3 is 4.74 Å². The van der Waals surface area contributed by atoms with Crippen molar-refractivity contribution in [3.63, 3.8) is 0 Å². The number of nitrogens with zero attached hydrogens (tertiary/aromatic N) is 3. The molecule has 0 saturated carbocycles. The molecular weight excluding hydrogens is 302 g/mol. The van der Waals surface area contributed by atoms with E-state index in [1.165, 1.54) is 7.11 Å². The molecule has 0 aliphatic heterocycles. The van der Waals surface area contributed by atoms with Gasteiger partial charge in [-0.25, -0.2) is 14.3 Å². The van der Waals surface area contributed by atoms with Crippen LogP contribution in [0.3, 0.4) is 0 Å². The van der Waals surface area contributed by atoms with Gasteiger partial charge in [-0.1, -0.05) is 51.1 Å². The normalized spacial score (nSPS) is 11.7. The topological polar surface area (TPSA) is 56.5 Å². The number of carbonyl (C=O) groups excluding carboxylic acids is 1. The van der Waals surface area contributed by atoms with E-state index in [1.54, 1.807) is 6.07 Å². The Labute approximate surface area is 141 Å². The van der Waals surface area contributed by atoms with Crippen LogP contribution in [0.4, 0.5) is 0 Å². The minimum atomic E-state index is -0.444. The van der Waals surface area contributed by atoms with Crippen molar-refractivity contribution in [1.82, 2.24) is 14.6 Å². The van der Waals surface area contributed by atoms with Crippen LogP contribution in [-0.2, 0) is 10.2 Å². The summed E-state index contributed by atoms with van der Waals surface area (Å²) in [4.78, 5) is 16.6. The number of carbonyl (C=O) groups is 1. The SMILES string of the molecule is COC(=O)c1cc(C(C)(C)C)n2nc(C)c(-c3ccccc3)c2n1. The molecule has 3 rings (SSSR count). The van der Waals surface area contributed by atoms with Crippen molar-refractivity contribution < 1.29 is 9.53 Å². The van der Waals surface area contributed by atoms with Crippen LogP contribution in [0.2, 0.25) is 0 Å². The van der Waals surface area contributed by atoms with Gasteiger partial charge in [-0.2, -0.15) is 5.10 Å². The van der Waals surface area contributed by atoms with Gasteiger partial charge in [-0.05, 0) is 18.6 Å². The van der Waals surface area contributed by atoms with Crippen molar-refractivity contribution in [3.05, 3.63) is 53.5 Å². The predicted molar refractivity (Wildman–Crippen MR) is 93.2 cm³/mol. The third-order valence-electron chi connectivity index (χ3n) is 3.99. The molecule has 5 nitrogen and oxygen atoms in total. The first-order valence-electron chi connectivity index (χ1n) is 7.87. The highest BCUT2D eigenvalue weighted by atomic mass is 16.5. The van der Waals surface area contributed by atoms with Crippen molar-refractivity contribution in [2.24, 2.45) is 0 Å². The monoisotopic (exact) mass is 323 g/mol. The van der Waals surface area contributed by atoms with Crippen LogP contribution in [0, 0.1) is 6.92 Å². The van der Waals surface area contributed by atoms with E-state index >= 15 is 0 Å². The number of hydrogen-bond acceptors (Lipinski definition) is 4. The predicted octanol–water partition coefficient (Wildman–Crippen LogP) is 3.79. The van der Waals surface area contributed by atoms with E-state index in [1.807, 2.05) is 41.8 Å². The molecule has 0 fully saturated rings. The summed E-state index contributed by atoms with van der Waals surface area (Å²) in [7, 11) is 1.37. The van der Waals surface area contributed by atoms with Crippen LogP contribution in [-0.4, -0.2) is 27.7 Å². The van der Waals surface area contributed by atoms with Gasteiger partial charge in [0.05, 0.1) is 18.5 Å². The van der Waals surface area contributed by atoms with Gasteiger partial charge in [0.25, 0.3) is 0 Å². The summed E-state index contributed by atoms with van der Waals surface area (Å²) in [6, 6.07) is 11.7. The molecule has 0 aliphatic carbocycles. The smallest absolute Gasteiger partial charge is 0.356 e. The van der Waals surface area contributed by atoms with Crippen LogP contribution in [0.15, 0.2) is 36.4 Å².